The molecule has 1 aliphatic rings. The van der Waals surface area contributed by atoms with Gasteiger partial charge in [0.1, 0.15) is 0 Å². The van der Waals surface area contributed by atoms with Crippen molar-refractivity contribution >= 4 is 16.0 Å². The highest BCUT2D eigenvalue weighted by atomic mass is 32.2. The van der Waals surface area contributed by atoms with Crippen LogP contribution in [0, 0.1) is 11.8 Å². The van der Waals surface area contributed by atoms with E-state index in [0.717, 1.165) is 0 Å². The monoisotopic (exact) mass is 320 g/mol. The van der Waals surface area contributed by atoms with Crippen LogP contribution in [0.2, 0.25) is 0 Å². The van der Waals surface area contributed by atoms with Crippen LogP contribution >= 0.6 is 0 Å². The number of nitrogens with zero attached hydrogens (tertiary/aromatic N) is 2. The van der Waals surface area contributed by atoms with E-state index in [2.05, 4.69) is 0 Å². The SMILES string of the molecule is CC(C)CN(CCN(C)C)S(=O)(=O)C1CCCC1C(=O)O. The standard InChI is InChI=1S/C14H28N2O4S/c1-11(2)10-16(9-8-15(3)4)21(19,20)13-7-5-6-12(13)14(17)18/h11-13H,5-10H2,1-4H3,(H,17,18). The van der Waals surface area contributed by atoms with Gasteiger partial charge < -0.3 is 10.0 Å². The highest BCUT2D eigenvalue weighted by Crippen LogP contribution is 2.33. The lowest BCUT2D eigenvalue weighted by atomic mass is 10.1. The van der Waals surface area contributed by atoms with Gasteiger partial charge >= 0.3 is 5.97 Å². The van der Waals surface area contributed by atoms with E-state index in [1.54, 1.807) is 0 Å². The third-order valence-corrected chi connectivity index (χ3v) is 6.26. The number of likely N-dealkylation sites (N-methyl/N-ethyl adjacent to an activating group) is 1. The molecule has 2 atom stereocenters. The highest BCUT2D eigenvalue weighted by Gasteiger charge is 2.44. The Morgan fingerprint density at radius 1 is 1.24 bits per heavy atom. The van der Waals surface area contributed by atoms with Crippen LogP contribution in [0.4, 0.5) is 0 Å². The lowest BCUT2D eigenvalue weighted by molar-refractivity contribution is -0.141. The smallest absolute Gasteiger partial charge is 0.307 e. The van der Waals surface area contributed by atoms with Crippen molar-refractivity contribution in [1.29, 1.82) is 0 Å². The van der Waals surface area contributed by atoms with Gasteiger partial charge in [0, 0.05) is 19.6 Å². The molecular weight excluding hydrogens is 292 g/mol. The van der Waals surface area contributed by atoms with Gasteiger partial charge in [-0.1, -0.05) is 20.3 Å². The third kappa shape index (κ3) is 4.93. The minimum absolute atomic E-state index is 0.214. The van der Waals surface area contributed by atoms with Crippen molar-refractivity contribution in [2.24, 2.45) is 11.8 Å². The summed E-state index contributed by atoms with van der Waals surface area (Å²) >= 11 is 0. The van der Waals surface area contributed by atoms with Gasteiger partial charge in [-0.05, 0) is 32.9 Å². The number of aliphatic carboxylic acids is 1. The Labute approximate surface area is 128 Å². The molecule has 2 unspecified atom stereocenters. The van der Waals surface area contributed by atoms with Gasteiger partial charge in [0.15, 0.2) is 0 Å². The molecule has 0 radical (unpaired) electrons. The number of carboxylic acids is 1. The van der Waals surface area contributed by atoms with Crippen LogP contribution in [-0.2, 0) is 14.8 Å². The summed E-state index contributed by atoms with van der Waals surface area (Å²) in [6, 6.07) is 0. The summed E-state index contributed by atoms with van der Waals surface area (Å²) in [7, 11) is 0.237. The lowest BCUT2D eigenvalue weighted by Crippen LogP contribution is -2.46. The number of carbonyl (C=O) groups is 1. The second kappa shape index (κ2) is 7.56. The molecule has 21 heavy (non-hydrogen) atoms. The van der Waals surface area contributed by atoms with Crippen LogP contribution in [0.1, 0.15) is 33.1 Å². The Kier molecular flexibility index (Phi) is 6.62. The number of sulfonamides is 1. The minimum Gasteiger partial charge on any atom is -0.481 e. The molecule has 0 aromatic heterocycles. The van der Waals surface area contributed by atoms with E-state index in [9.17, 15) is 18.3 Å². The Balaban J connectivity index is 2.94. The number of carboxylic acid groups (broad SMARTS) is 1. The van der Waals surface area contributed by atoms with Crippen molar-refractivity contribution in [2.75, 3.05) is 33.7 Å². The molecule has 7 heteroatoms. The van der Waals surface area contributed by atoms with Crippen LogP contribution in [-0.4, -0.2) is 67.7 Å². The third-order valence-electron chi connectivity index (χ3n) is 3.88. The van der Waals surface area contributed by atoms with E-state index < -0.39 is 27.2 Å². The van der Waals surface area contributed by atoms with Crippen molar-refractivity contribution in [3.8, 4) is 0 Å². The van der Waals surface area contributed by atoms with Gasteiger partial charge in [0.2, 0.25) is 10.0 Å². The van der Waals surface area contributed by atoms with E-state index in [0.29, 0.717) is 38.9 Å². The summed E-state index contributed by atoms with van der Waals surface area (Å²) < 4.78 is 27.2. The molecule has 0 heterocycles. The Morgan fingerprint density at radius 3 is 2.33 bits per heavy atom. The maximum Gasteiger partial charge on any atom is 0.307 e. The van der Waals surface area contributed by atoms with Gasteiger partial charge in [-0.3, -0.25) is 4.79 Å². The average molecular weight is 320 g/mol. The van der Waals surface area contributed by atoms with E-state index in [1.807, 2.05) is 32.8 Å². The topological polar surface area (TPSA) is 77.9 Å². The predicted molar refractivity (Wildman–Crippen MR) is 82.6 cm³/mol. The van der Waals surface area contributed by atoms with Crippen LogP contribution in [0.5, 0.6) is 0 Å². The summed E-state index contributed by atoms with van der Waals surface area (Å²) in [6.07, 6.45) is 1.59. The Hall–Kier alpha value is -0.660. The molecule has 0 aromatic rings. The van der Waals surface area contributed by atoms with Crippen molar-refractivity contribution < 1.29 is 18.3 Å². The zero-order valence-electron chi connectivity index (χ0n) is 13.4. The molecule has 6 nitrogen and oxygen atoms in total. The summed E-state index contributed by atoms with van der Waals surface area (Å²) in [5.41, 5.74) is 0. The Bertz CT molecular complexity index is 448. The first kappa shape index (κ1) is 18.4. The molecule has 1 N–H and O–H groups in total. The van der Waals surface area contributed by atoms with E-state index in [4.69, 9.17) is 0 Å². The summed E-state index contributed by atoms with van der Waals surface area (Å²) in [4.78, 5) is 13.2. The van der Waals surface area contributed by atoms with Crippen molar-refractivity contribution in [2.45, 2.75) is 38.4 Å². The summed E-state index contributed by atoms with van der Waals surface area (Å²) in [5, 5.41) is 8.47. The van der Waals surface area contributed by atoms with Crippen LogP contribution in [0.3, 0.4) is 0 Å². The molecule has 0 bridgehead atoms. The first-order valence-electron chi connectivity index (χ1n) is 7.52. The van der Waals surface area contributed by atoms with Crippen molar-refractivity contribution in [3.63, 3.8) is 0 Å². The molecule has 1 aliphatic carbocycles. The van der Waals surface area contributed by atoms with E-state index in [1.165, 1.54) is 4.31 Å². The molecule has 0 aromatic carbocycles. The molecule has 1 fully saturated rings. The summed E-state index contributed by atoms with van der Waals surface area (Å²) in [5.74, 6) is -1.53. The van der Waals surface area contributed by atoms with Gasteiger partial charge in [0.25, 0.3) is 0 Å². The van der Waals surface area contributed by atoms with Crippen molar-refractivity contribution in [3.05, 3.63) is 0 Å². The molecule has 124 valence electrons. The van der Waals surface area contributed by atoms with Gasteiger partial charge in [-0.25, -0.2) is 12.7 Å². The first-order valence-corrected chi connectivity index (χ1v) is 9.03. The number of rotatable bonds is 8. The molecule has 0 spiro atoms. The first-order chi connectivity index (χ1) is 9.66. The summed E-state index contributed by atoms with van der Waals surface area (Å²) in [6.45, 7) is 5.44. The zero-order chi connectivity index (χ0) is 16.2. The average Bonchev–Trinajstić information content (AvgIpc) is 2.83. The molecular formula is C14H28N2O4S. The van der Waals surface area contributed by atoms with Crippen LogP contribution in [0.25, 0.3) is 0 Å². The second-order valence-electron chi connectivity index (χ2n) is 6.51. The molecule has 1 saturated carbocycles. The largest absolute Gasteiger partial charge is 0.481 e. The predicted octanol–water partition coefficient (Wildman–Crippen LogP) is 1.09. The van der Waals surface area contributed by atoms with Gasteiger partial charge in [-0.2, -0.15) is 0 Å². The van der Waals surface area contributed by atoms with Crippen molar-refractivity contribution in [1.82, 2.24) is 9.21 Å². The fraction of sp³-hybridized carbons (Fsp3) is 0.929. The van der Waals surface area contributed by atoms with Gasteiger partial charge in [-0.15, -0.1) is 0 Å². The normalized spacial score (nSPS) is 23.4. The quantitative estimate of drug-likeness (QED) is 0.724. The molecule has 1 rings (SSSR count). The highest BCUT2D eigenvalue weighted by molar-refractivity contribution is 7.89. The zero-order valence-corrected chi connectivity index (χ0v) is 14.3. The lowest BCUT2D eigenvalue weighted by Gasteiger charge is -2.29. The van der Waals surface area contributed by atoms with Crippen LogP contribution < -0.4 is 0 Å². The minimum atomic E-state index is -3.56. The second-order valence-corrected chi connectivity index (χ2v) is 8.67. The Morgan fingerprint density at radius 2 is 1.86 bits per heavy atom. The number of hydrogen-bond acceptors (Lipinski definition) is 4. The van der Waals surface area contributed by atoms with Crippen LogP contribution in [0.15, 0.2) is 0 Å². The molecule has 0 amide bonds. The van der Waals surface area contributed by atoms with E-state index >= 15 is 0 Å². The molecule has 0 aliphatic heterocycles. The maximum atomic E-state index is 12.8. The number of hydrogen-bond donors (Lipinski definition) is 1. The maximum absolute atomic E-state index is 12.8. The fourth-order valence-corrected chi connectivity index (χ4v) is 5.15. The fourth-order valence-electron chi connectivity index (χ4n) is 2.80. The van der Waals surface area contributed by atoms with Gasteiger partial charge in [0.05, 0.1) is 11.2 Å². The van der Waals surface area contributed by atoms with E-state index in [-0.39, 0.29) is 5.92 Å². The molecule has 0 saturated heterocycles.